The second-order valence-corrected chi connectivity index (χ2v) is 7.10. The molecular weight excluding hydrogens is 244 g/mol. The maximum Gasteiger partial charge on any atom is 0.330 e. The van der Waals surface area contributed by atoms with Crippen molar-refractivity contribution in [3.63, 3.8) is 0 Å². The van der Waals surface area contributed by atoms with Crippen LogP contribution >= 0.6 is 23.5 Å². The predicted molar refractivity (Wildman–Crippen MR) is 69.0 cm³/mol. The van der Waals surface area contributed by atoms with Gasteiger partial charge in [0.1, 0.15) is 5.78 Å². The topological polar surface area (TPSA) is 54.4 Å². The molecule has 1 aliphatic rings. The number of thioether (sulfide) groups is 2. The van der Waals surface area contributed by atoms with Crippen molar-refractivity contribution in [3.05, 3.63) is 0 Å². The van der Waals surface area contributed by atoms with Crippen molar-refractivity contribution >= 4 is 35.3 Å². The lowest BCUT2D eigenvalue weighted by Gasteiger charge is -2.33. The fraction of sp³-hybridized carbons (Fsp3) is 0.818. The van der Waals surface area contributed by atoms with Gasteiger partial charge in [-0.2, -0.15) is 0 Å². The van der Waals surface area contributed by atoms with Crippen LogP contribution in [-0.2, 0) is 9.59 Å². The van der Waals surface area contributed by atoms with Gasteiger partial charge < -0.3 is 5.11 Å². The Morgan fingerprint density at radius 2 is 2.00 bits per heavy atom. The van der Waals surface area contributed by atoms with Crippen molar-refractivity contribution in [2.75, 3.05) is 11.5 Å². The van der Waals surface area contributed by atoms with E-state index < -0.39 is 10.0 Å². The first-order valence-corrected chi connectivity index (χ1v) is 7.57. The molecule has 1 atom stereocenters. The molecule has 0 amide bonds. The number of hydrogen-bond donors (Lipinski definition) is 1. The summed E-state index contributed by atoms with van der Waals surface area (Å²) in [6.07, 6.45) is 1.71. The van der Waals surface area contributed by atoms with E-state index in [1.807, 2.05) is 13.8 Å². The third kappa shape index (κ3) is 2.74. The maximum absolute atomic E-state index is 11.5. The summed E-state index contributed by atoms with van der Waals surface area (Å²) in [6.45, 7) is 3.94. The molecule has 92 valence electrons. The van der Waals surface area contributed by atoms with E-state index in [2.05, 4.69) is 0 Å². The summed E-state index contributed by atoms with van der Waals surface area (Å²) in [5.41, 5.74) is 0. The lowest BCUT2D eigenvalue weighted by molar-refractivity contribution is -0.138. The summed E-state index contributed by atoms with van der Waals surface area (Å²) in [6, 6.07) is 0. The lowest BCUT2D eigenvalue weighted by atomic mass is 10.0. The Morgan fingerprint density at radius 1 is 1.44 bits per heavy atom. The Bertz CT molecular complexity index is 272. The van der Waals surface area contributed by atoms with Crippen molar-refractivity contribution < 1.29 is 14.7 Å². The minimum Gasteiger partial charge on any atom is -0.480 e. The van der Waals surface area contributed by atoms with Crippen molar-refractivity contribution in [1.29, 1.82) is 0 Å². The number of carbonyl (C=O) groups is 2. The van der Waals surface area contributed by atoms with Gasteiger partial charge in [-0.15, -0.1) is 23.5 Å². The number of aliphatic carboxylic acids is 1. The van der Waals surface area contributed by atoms with E-state index in [0.29, 0.717) is 12.8 Å². The quantitative estimate of drug-likeness (QED) is 0.746. The van der Waals surface area contributed by atoms with E-state index in [9.17, 15) is 14.7 Å². The Morgan fingerprint density at radius 3 is 2.31 bits per heavy atom. The third-order valence-corrected chi connectivity index (χ3v) is 5.96. The fourth-order valence-electron chi connectivity index (χ4n) is 2.14. The molecule has 0 aromatic heterocycles. The zero-order valence-electron chi connectivity index (χ0n) is 9.69. The second-order valence-electron chi connectivity index (χ2n) is 3.82. The average Bonchev–Trinajstić information content (AvgIpc) is 2.64. The van der Waals surface area contributed by atoms with Crippen LogP contribution in [0.15, 0.2) is 0 Å². The SMILES string of the molecule is CCSC(SCC)(C(=O)O)C1CCC(=O)C1. The molecular formula is C11H18O3S2. The highest BCUT2D eigenvalue weighted by Gasteiger charge is 2.48. The minimum atomic E-state index is -0.810. The van der Waals surface area contributed by atoms with Gasteiger partial charge in [-0.25, -0.2) is 4.79 Å². The van der Waals surface area contributed by atoms with E-state index in [4.69, 9.17) is 0 Å². The summed E-state index contributed by atoms with van der Waals surface area (Å²) in [5.74, 6) is 0.968. The number of carbonyl (C=O) groups excluding carboxylic acids is 1. The molecule has 1 rings (SSSR count). The number of carboxylic acid groups (broad SMARTS) is 1. The van der Waals surface area contributed by atoms with Crippen molar-refractivity contribution in [2.45, 2.75) is 37.2 Å². The summed E-state index contributed by atoms with van der Waals surface area (Å²) < 4.78 is -0.810. The first kappa shape index (κ1) is 13.9. The highest BCUT2D eigenvalue weighted by atomic mass is 32.2. The zero-order valence-corrected chi connectivity index (χ0v) is 11.3. The van der Waals surface area contributed by atoms with Gasteiger partial charge in [0.05, 0.1) is 0 Å². The van der Waals surface area contributed by atoms with Gasteiger partial charge in [0, 0.05) is 18.8 Å². The van der Waals surface area contributed by atoms with Gasteiger partial charge in [0.25, 0.3) is 0 Å². The van der Waals surface area contributed by atoms with Gasteiger partial charge in [0.2, 0.25) is 0 Å². The highest BCUT2D eigenvalue weighted by Crippen LogP contribution is 2.49. The first-order chi connectivity index (χ1) is 7.56. The molecule has 1 fully saturated rings. The summed E-state index contributed by atoms with van der Waals surface area (Å²) in [5, 5.41) is 9.48. The van der Waals surface area contributed by atoms with Crippen LogP contribution in [0.25, 0.3) is 0 Å². The van der Waals surface area contributed by atoms with Crippen LogP contribution in [0.4, 0.5) is 0 Å². The van der Waals surface area contributed by atoms with Crippen LogP contribution in [0, 0.1) is 5.92 Å². The standard InChI is InChI=1S/C11H18O3S2/c1-3-15-11(10(13)14,16-4-2)8-5-6-9(12)7-8/h8H,3-7H2,1-2H3,(H,13,14). The first-order valence-electron chi connectivity index (χ1n) is 5.59. The monoisotopic (exact) mass is 262 g/mol. The van der Waals surface area contributed by atoms with E-state index in [0.717, 1.165) is 17.9 Å². The summed E-state index contributed by atoms with van der Waals surface area (Å²) in [7, 11) is 0. The number of Topliss-reactive ketones (excluding diaryl/α,β-unsaturated/α-hetero) is 1. The van der Waals surface area contributed by atoms with E-state index in [1.165, 1.54) is 23.5 Å². The van der Waals surface area contributed by atoms with Crippen LogP contribution in [0.5, 0.6) is 0 Å². The largest absolute Gasteiger partial charge is 0.480 e. The second kappa shape index (κ2) is 5.96. The van der Waals surface area contributed by atoms with Crippen LogP contribution in [-0.4, -0.2) is 32.4 Å². The summed E-state index contributed by atoms with van der Waals surface area (Å²) in [4.78, 5) is 22.9. The molecule has 0 saturated heterocycles. The number of rotatable bonds is 6. The number of hydrogen-bond acceptors (Lipinski definition) is 4. The fourth-order valence-corrected chi connectivity index (χ4v) is 5.16. The molecule has 0 heterocycles. The predicted octanol–water partition coefficient (Wildman–Crippen LogP) is 2.64. The van der Waals surface area contributed by atoms with Gasteiger partial charge in [-0.1, -0.05) is 13.8 Å². The smallest absolute Gasteiger partial charge is 0.330 e. The minimum absolute atomic E-state index is 0.00704. The van der Waals surface area contributed by atoms with E-state index >= 15 is 0 Å². The number of carboxylic acids is 1. The third-order valence-electron chi connectivity index (χ3n) is 2.80. The Labute approximate surface area is 105 Å². The Balaban J connectivity index is 2.90. The normalized spacial score (nSPS) is 21.4. The van der Waals surface area contributed by atoms with Crippen molar-refractivity contribution in [3.8, 4) is 0 Å². The average molecular weight is 262 g/mol. The molecule has 0 aromatic rings. The number of ketones is 1. The lowest BCUT2D eigenvalue weighted by Crippen LogP contribution is -2.39. The van der Waals surface area contributed by atoms with Crippen LogP contribution in [0.3, 0.4) is 0 Å². The van der Waals surface area contributed by atoms with Crippen LogP contribution < -0.4 is 0 Å². The summed E-state index contributed by atoms with van der Waals surface area (Å²) >= 11 is 2.93. The van der Waals surface area contributed by atoms with Crippen molar-refractivity contribution in [2.24, 2.45) is 5.92 Å². The Hall–Kier alpha value is -0.160. The van der Waals surface area contributed by atoms with Crippen LogP contribution in [0.1, 0.15) is 33.1 Å². The van der Waals surface area contributed by atoms with Gasteiger partial charge in [-0.05, 0) is 17.9 Å². The molecule has 5 heteroatoms. The maximum atomic E-state index is 11.5. The van der Waals surface area contributed by atoms with E-state index in [1.54, 1.807) is 0 Å². The Kier molecular flexibility index (Phi) is 5.18. The molecule has 1 N–H and O–H groups in total. The van der Waals surface area contributed by atoms with Gasteiger partial charge in [-0.3, -0.25) is 4.79 Å². The molecule has 0 aromatic carbocycles. The van der Waals surface area contributed by atoms with Gasteiger partial charge >= 0.3 is 5.97 Å². The molecule has 0 aliphatic heterocycles. The van der Waals surface area contributed by atoms with E-state index in [-0.39, 0.29) is 11.7 Å². The molecule has 1 aliphatic carbocycles. The zero-order chi connectivity index (χ0) is 12.2. The molecule has 3 nitrogen and oxygen atoms in total. The highest BCUT2D eigenvalue weighted by molar-refractivity contribution is 8.19. The van der Waals surface area contributed by atoms with Crippen molar-refractivity contribution in [1.82, 2.24) is 0 Å². The molecule has 0 spiro atoms. The molecule has 1 unspecified atom stereocenters. The molecule has 0 bridgehead atoms. The molecule has 1 saturated carbocycles. The molecule has 0 radical (unpaired) electrons. The van der Waals surface area contributed by atoms with Crippen LogP contribution in [0.2, 0.25) is 0 Å². The molecule has 16 heavy (non-hydrogen) atoms. The van der Waals surface area contributed by atoms with Gasteiger partial charge in [0.15, 0.2) is 4.08 Å².